The van der Waals surface area contributed by atoms with Gasteiger partial charge in [0.15, 0.2) is 0 Å². The van der Waals surface area contributed by atoms with Crippen LogP contribution in [0.25, 0.3) is 0 Å². The Balaban J connectivity index is 2.59. The van der Waals surface area contributed by atoms with Gasteiger partial charge in [0.05, 0.1) is 17.3 Å². The van der Waals surface area contributed by atoms with Crippen molar-refractivity contribution in [3.8, 4) is 0 Å². The van der Waals surface area contributed by atoms with E-state index in [1.54, 1.807) is 7.11 Å². The minimum atomic E-state index is 0.573. The Labute approximate surface area is 109 Å². The second kappa shape index (κ2) is 7.80. The fourth-order valence-electron chi connectivity index (χ4n) is 1.56. The predicted octanol–water partition coefficient (Wildman–Crippen LogP) is 2.78. The fourth-order valence-corrected chi connectivity index (χ4v) is 2.65. The van der Waals surface area contributed by atoms with Gasteiger partial charge in [0.2, 0.25) is 0 Å². The van der Waals surface area contributed by atoms with Crippen molar-refractivity contribution in [3.63, 3.8) is 0 Å². The first-order chi connectivity index (χ1) is 8.21. The molecule has 1 unspecified atom stereocenters. The van der Waals surface area contributed by atoms with E-state index in [9.17, 15) is 0 Å². The van der Waals surface area contributed by atoms with E-state index >= 15 is 0 Å². The van der Waals surface area contributed by atoms with E-state index in [2.05, 4.69) is 31.1 Å². The highest BCUT2D eigenvalue weighted by Gasteiger charge is 2.10. The Bertz CT molecular complexity index is 325. The molecule has 0 bridgehead atoms. The summed E-state index contributed by atoms with van der Waals surface area (Å²) in [5.41, 5.74) is 1.25. The van der Waals surface area contributed by atoms with Crippen LogP contribution in [0.15, 0.2) is 0 Å². The number of thiazole rings is 1. The number of nitrogens with zero attached hydrogens (tertiary/aromatic N) is 1. The van der Waals surface area contributed by atoms with Gasteiger partial charge in [0.25, 0.3) is 0 Å². The quantitative estimate of drug-likeness (QED) is 0.776. The Morgan fingerprint density at radius 1 is 1.41 bits per heavy atom. The average Bonchev–Trinajstić information content (AvgIpc) is 2.75. The number of rotatable bonds is 8. The normalized spacial score (nSPS) is 12.9. The minimum absolute atomic E-state index is 0.573. The van der Waals surface area contributed by atoms with Gasteiger partial charge in [0, 0.05) is 31.0 Å². The van der Waals surface area contributed by atoms with Crippen LogP contribution < -0.4 is 5.32 Å². The molecule has 0 saturated carbocycles. The van der Waals surface area contributed by atoms with Gasteiger partial charge in [-0.2, -0.15) is 0 Å². The highest BCUT2D eigenvalue weighted by molar-refractivity contribution is 7.11. The standard InChI is InChI=1S/C13H24N2OS/c1-5-10(3)14-9-12-11(6-2)15-13(17-12)7-8-16-4/h10,14H,5-9H2,1-4H3. The van der Waals surface area contributed by atoms with Gasteiger partial charge in [-0.3, -0.25) is 0 Å². The maximum Gasteiger partial charge on any atom is 0.0954 e. The van der Waals surface area contributed by atoms with Gasteiger partial charge in [-0.05, 0) is 19.8 Å². The van der Waals surface area contributed by atoms with E-state index in [0.717, 1.165) is 32.4 Å². The predicted molar refractivity (Wildman–Crippen MR) is 73.7 cm³/mol. The Hall–Kier alpha value is -0.450. The summed E-state index contributed by atoms with van der Waals surface area (Å²) >= 11 is 1.82. The number of aromatic nitrogens is 1. The summed E-state index contributed by atoms with van der Waals surface area (Å²) in [6.45, 7) is 8.30. The summed E-state index contributed by atoms with van der Waals surface area (Å²) in [6, 6.07) is 0.573. The van der Waals surface area contributed by atoms with Crippen molar-refractivity contribution in [3.05, 3.63) is 15.6 Å². The number of hydrogen-bond acceptors (Lipinski definition) is 4. The molecule has 1 rings (SSSR count). The molecule has 0 aromatic carbocycles. The first-order valence-corrected chi connectivity index (χ1v) is 7.22. The molecule has 17 heavy (non-hydrogen) atoms. The van der Waals surface area contributed by atoms with Crippen LogP contribution >= 0.6 is 11.3 Å². The first kappa shape index (κ1) is 14.6. The van der Waals surface area contributed by atoms with Crippen LogP contribution in [0, 0.1) is 0 Å². The van der Waals surface area contributed by atoms with Crippen LogP contribution in [0.2, 0.25) is 0 Å². The van der Waals surface area contributed by atoms with Crippen LogP contribution in [0.5, 0.6) is 0 Å². The Kier molecular flexibility index (Phi) is 6.70. The fraction of sp³-hybridized carbons (Fsp3) is 0.769. The molecule has 0 fully saturated rings. The lowest BCUT2D eigenvalue weighted by atomic mass is 10.2. The highest BCUT2D eigenvalue weighted by atomic mass is 32.1. The summed E-state index contributed by atoms with van der Waals surface area (Å²) in [4.78, 5) is 6.06. The van der Waals surface area contributed by atoms with Crippen LogP contribution in [0.4, 0.5) is 0 Å². The van der Waals surface area contributed by atoms with Gasteiger partial charge in [-0.25, -0.2) is 4.98 Å². The monoisotopic (exact) mass is 256 g/mol. The summed E-state index contributed by atoms with van der Waals surface area (Å²) in [6.07, 6.45) is 3.11. The lowest BCUT2D eigenvalue weighted by molar-refractivity contribution is 0.202. The summed E-state index contributed by atoms with van der Waals surface area (Å²) in [7, 11) is 1.74. The van der Waals surface area contributed by atoms with Gasteiger partial charge in [-0.15, -0.1) is 11.3 Å². The topological polar surface area (TPSA) is 34.1 Å². The summed E-state index contributed by atoms with van der Waals surface area (Å²) in [5, 5.41) is 4.73. The molecule has 0 radical (unpaired) electrons. The number of hydrogen-bond donors (Lipinski definition) is 1. The molecule has 1 aromatic rings. The van der Waals surface area contributed by atoms with Crippen LogP contribution in [-0.2, 0) is 24.1 Å². The van der Waals surface area contributed by atoms with Gasteiger partial charge >= 0.3 is 0 Å². The first-order valence-electron chi connectivity index (χ1n) is 6.41. The van der Waals surface area contributed by atoms with Crippen LogP contribution in [0.3, 0.4) is 0 Å². The van der Waals surface area contributed by atoms with Crippen molar-refractivity contribution in [2.45, 2.75) is 52.6 Å². The molecule has 0 saturated heterocycles. The molecular weight excluding hydrogens is 232 g/mol. The zero-order valence-corrected chi connectivity index (χ0v) is 12.2. The van der Waals surface area contributed by atoms with Crippen LogP contribution in [-0.4, -0.2) is 24.7 Å². The van der Waals surface area contributed by atoms with Gasteiger partial charge < -0.3 is 10.1 Å². The maximum atomic E-state index is 5.10. The molecule has 0 spiro atoms. The summed E-state index contributed by atoms with van der Waals surface area (Å²) < 4.78 is 5.10. The molecule has 0 amide bonds. The van der Waals surface area contributed by atoms with E-state index < -0.39 is 0 Å². The van der Waals surface area contributed by atoms with Crippen molar-refractivity contribution in [1.29, 1.82) is 0 Å². The molecule has 3 nitrogen and oxygen atoms in total. The molecule has 0 aliphatic rings. The van der Waals surface area contributed by atoms with E-state index in [0.29, 0.717) is 6.04 Å². The van der Waals surface area contributed by atoms with E-state index in [4.69, 9.17) is 4.74 Å². The smallest absolute Gasteiger partial charge is 0.0954 e. The lowest BCUT2D eigenvalue weighted by Crippen LogP contribution is -2.24. The maximum absolute atomic E-state index is 5.10. The van der Waals surface area contributed by atoms with Gasteiger partial charge in [0.1, 0.15) is 0 Å². The summed E-state index contributed by atoms with van der Waals surface area (Å²) in [5.74, 6) is 0. The molecule has 1 heterocycles. The molecule has 1 aromatic heterocycles. The second-order valence-corrected chi connectivity index (χ2v) is 5.43. The third-order valence-electron chi connectivity index (χ3n) is 2.90. The largest absolute Gasteiger partial charge is 0.384 e. The average molecular weight is 256 g/mol. The zero-order valence-electron chi connectivity index (χ0n) is 11.4. The molecular formula is C13H24N2OS. The lowest BCUT2D eigenvalue weighted by Gasteiger charge is -2.10. The van der Waals surface area contributed by atoms with Crippen molar-refractivity contribution in [2.75, 3.05) is 13.7 Å². The van der Waals surface area contributed by atoms with Crippen molar-refractivity contribution in [2.24, 2.45) is 0 Å². The van der Waals surface area contributed by atoms with Crippen molar-refractivity contribution in [1.82, 2.24) is 10.3 Å². The molecule has 4 heteroatoms. The van der Waals surface area contributed by atoms with E-state index in [1.807, 2.05) is 11.3 Å². The van der Waals surface area contributed by atoms with E-state index in [-0.39, 0.29) is 0 Å². The second-order valence-electron chi connectivity index (χ2n) is 4.26. The number of nitrogens with one attached hydrogen (secondary N) is 1. The van der Waals surface area contributed by atoms with E-state index in [1.165, 1.54) is 15.6 Å². The highest BCUT2D eigenvalue weighted by Crippen LogP contribution is 2.20. The number of ether oxygens (including phenoxy) is 1. The van der Waals surface area contributed by atoms with Crippen molar-refractivity contribution < 1.29 is 4.74 Å². The Morgan fingerprint density at radius 3 is 2.76 bits per heavy atom. The third-order valence-corrected chi connectivity index (χ3v) is 4.06. The van der Waals surface area contributed by atoms with Crippen LogP contribution in [0.1, 0.15) is 42.8 Å². The molecule has 1 atom stereocenters. The number of methoxy groups -OCH3 is 1. The zero-order chi connectivity index (χ0) is 12.7. The minimum Gasteiger partial charge on any atom is -0.384 e. The number of aryl methyl sites for hydroxylation is 1. The Morgan fingerprint density at radius 2 is 2.18 bits per heavy atom. The SMILES string of the molecule is CCc1nc(CCOC)sc1CNC(C)CC. The molecule has 0 aliphatic carbocycles. The molecule has 0 aliphatic heterocycles. The molecule has 98 valence electrons. The van der Waals surface area contributed by atoms with Crippen molar-refractivity contribution >= 4 is 11.3 Å². The van der Waals surface area contributed by atoms with Gasteiger partial charge in [-0.1, -0.05) is 13.8 Å². The third kappa shape index (κ3) is 4.74. The molecule has 1 N–H and O–H groups in total.